The molecule has 0 saturated carbocycles. The zero-order chi connectivity index (χ0) is 15.5. The zero-order valence-corrected chi connectivity index (χ0v) is 13.3. The summed E-state index contributed by atoms with van der Waals surface area (Å²) in [5.41, 5.74) is -0.503. The molecule has 1 aliphatic rings. The van der Waals surface area contributed by atoms with Crippen LogP contribution >= 0.6 is 11.3 Å². The molecule has 0 aliphatic carbocycles. The van der Waals surface area contributed by atoms with Gasteiger partial charge in [0.05, 0.1) is 12.6 Å². The summed E-state index contributed by atoms with van der Waals surface area (Å²) in [6.07, 6.45) is 1.85. The maximum atomic E-state index is 11.9. The fourth-order valence-corrected chi connectivity index (χ4v) is 2.54. The van der Waals surface area contributed by atoms with E-state index in [1.807, 2.05) is 20.8 Å². The molecule has 1 aliphatic heterocycles. The second-order valence-corrected chi connectivity index (χ2v) is 6.80. The van der Waals surface area contributed by atoms with Crippen LogP contribution in [0.5, 0.6) is 0 Å². The number of likely N-dealkylation sites (tertiary alicyclic amines) is 1. The third-order valence-electron chi connectivity index (χ3n) is 2.92. The standard InChI is InChI=1S/C14H20N2O4S/c1-14(2,3)20-13(18)16-6-4-10(8-16)19-9-11(17)12-15-5-7-21-12/h5,7,10H,4,6,8-9H2,1-3H3/t10-/m0/s1. The highest BCUT2D eigenvalue weighted by Crippen LogP contribution is 2.17. The van der Waals surface area contributed by atoms with E-state index in [2.05, 4.69) is 4.98 Å². The van der Waals surface area contributed by atoms with Crippen LogP contribution in [-0.4, -0.2) is 53.2 Å². The van der Waals surface area contributed by atoms with E-state index in [9.17, 15) is 9.59 Å². The average molecular weight is 312 g/mol. The molecule has 2 rings (SSSR count). The number of carbonyl (C=O) groups excluding carboxylic acids is 2. The van der Waals surface area contributed by atoms with Crippen molar-refractivity contribution in [3.8, 4) is 0 Å². The number of carbonyl (C=O) groups is 2. The van der Waals surface area contributed by atoms with E-state index >= 15 is 0 Å². The lowest BCUT2D eigenvalue weighted by molar-refractivity contribution is 0.0217. The molecule has 0 bridgehead atoms. The Balaban J connectivity index is 1.75. The summed E-state index contributed by atoms with van der Waals surface area (Å²) in [6, 6.07) is 0. The number of ketones is 1. The Hall–Kier alpha value is -1.47. The molecule has 2 heterocycles. The van der Waals surface area contributed by atoms with Gasteiger partial charge in [0.1, 0.15) is 12.2 Å². The highest BCUT2D eigenvalue weighted by atomic mass is 32.1. The lowest BCUT2D eigenvalue weighted by Gasteiger charge is -2.24. The van der Waals surface area contributed by atoms with E-state index in [0.29, 0.717) is 24.5 Å². The van der Waals surface area contributed by atoms with Crippen molar-refractivity contribution in [3.05, 3.63) is 16.6 Å². The highest BCUT2D eigenvalue weighted by molar-refractivity contribution is 7.11. The molecule has 1 saturated heterocycles. The van der Waals surface area contributed by atoms with E-state index < -0.39 is 5.60 Å². The molecule has 1 aromatic heterocycles. The largest absolute Gasteiger partial charge is 0.444 e. The Morgan fingerprint density at radius 3 is 2.86 bits per heavy atom. The van der Waals surface area contributed by atoms with Gasteiger partial charge in [0.2, 0.25) is 5.78 Å². The predicted octanol–water partition coefficient (Wildman–Crippen LogP) is 2.35. The number of aromatic nitrogens is 1. The molecule has 1 fully saturated rings. The van der Waals surface area contributed by atoms with Crippen molar-refractivity contribution >= 4 is 23.2 Å². The Morgan fingerprint density at radius 2 is 2.24 bits per heavy atom. The van der Waals surface area contributed by atoms with Gasteiger partial charge in [-0.1, -0.05) is 0 Å². The lowest BCUT2D eigenvalue weighted by atomic mass is 10.2. The first-order valence-electron chi connectivity index (χ1n) is 6.87. The van der Waals surface area contributed by atoms with Gasteiger partial charge in [0.25, 0.3) is 0 Å². The smallest absolute Gasteiger partial charge is 0.410 e. The van der Waals surface area contributed by atoms with Gasteiger partial charge in [-0.15, -0.1) is 11.3 Å². The molecule has 1 aromatic rings. The van der Waals surface area contributed by atoms with Gasteiger partial charge in [0.15, 0.2) is 5.01 Å². The topological polar surface area (TPSA) is 68.7 Å². The molecule has 1 amide bonds. The molecule has 0 aromatic carbocycles. The summed E-state index contributed by atoms with van der Waals surface area (Å²) in [5.74, 6) is -0.124. The fourth-order valence-electron chi connectivity index (χ4n) is 1.97. The van der Waals surface area contributed by atoms with Crippen LogP contribution in [0, 0.1) is 0 Å². The van der Waals surface area contributed by atoms with Crippen LogP contribution < -0.4 is 0 Å². The number of ether oxygens (including phenoxy) is 2. The quantitative estimate of drug-likeness (QED) is 0.798. The minimum atomic E-state index is -0.503. The van der Waals surface area contributed by atoms with Gasteiger partial charge in [-0.25, -0.2) is 9.78 Å². The SMILES string of the molecule is CC(C)(C)OC(=O)N1CC[C@H](OCC(=O)c2nccs2)C1. The first-order valence-corrected chi connectivity index (χ1v) is 7.75. The third kappa shape index (κ3) is 4.78. The Kier molecular flexibility index (Phi) is 4.95. The molecular weight excluding hydrogens is 292 g/mol. The van der Waals surface area contributed by atoms with Gasteiger partial charge >= 0.3 is 6.09 Å². The van der Waals surface area contributed by atoms with Gasteiger partial charge in [-0.3, -0.25) is 4.79 Å². The average Bonchev–Trinajstić information content (AvgIpc) is 3.05. The number of nitrogens with zero attached hydrogens (tertiary/aromatic N) is 2. The molecule has 0 radical (unpaired) electrons. The summed E-state index contributed by atoms with van der Waals surface area (Å²) in [5, 5.41) is 2.21. The maximum absolute atomic E-state index is 11.9. The maximum Gasteiger partial charge on any atom is 0.410 e. The molecule has 116 valence electrons. The fraction of sp³-hybridized carbons (Fsp3) is 0.643. The molecule has 21 heavy (non-hydrogen) atoms. The van der Waals surface area contributed by atoms with E-state index in [1.54, 1.807) is 16.5 Å². The molecular formula is C14H20N2O4S. The summed E-state index contributed by atoms with van der Waals surface area (Å²) in [4.78, 5) is 29.3. The summed E-state index contributed by atoms with van der Waals surface area (Å²) in [7, 11) is 0. The van der Waals surface area contributed by atoms with Crippen molar-refractivity contribution in [2.24, 2.45) is 0 Å². The monoisotopic (exact) mass is 312 g/mol. The minimum Gasteiger partial charge on any atom is -0.444 e. The van der Waals surface area contributed by atoms with Gasteiger partial charge in [-0.2, -0.15) is 0 Å². The molecule has 0 spiro atoms. The van der Waals surface area contributed by atoms with Crippen LogP contribution in [0.3, 0.4) is 0 Å². The van der Waals surface area contributed by atoms with Crippen molar-refractivity contribution in [3.63, 3.8) is 0 Å². The molecule has 1 atom stereocenters. The second kappa shape index (κ2) is 6.53. The van der Waals surface area contributed by atoms with Crippen LogP contribution in [-0.2, 0) is 9.47 Å². The van der Waals surface area contributed by atoms with Crippen molar-refractivity contribution in [2.75, 3.05) is 19.7 Å². The van der Waals surface area contributed by atoms with Crippen molar-refractivity contribution in [1.29, 1.82) is 0 Å². The van der Waals surface area contributed by atoms with Crippen LogP contribution in [0.25, 0.3) is 0 Å². The lowest BCUT2D eigenvalue weighted by Crippen LogP contribution is -2.36. The van der Waals surface area contributed by atoms with Crippen molar-refractivity contribution in [1.82, 2.24) is 9.88 Å². The van der Waals surface area contributed by atoms with E-state index in [0.717, 1.165) is 0 Å². The number of rotatable bonds is 4. The Labute approximate surface area is 128 Å². The number of amides is 1. The van der Waals surface area contributed by atoms with Gasteiger partial charge in [0, 0.05) is 18.1 Å². The molecule has 6 nitrogen and oxygen atoms in total. The number of thiazole rings is 1. The van der Waals surface area contributed by atoms with Crippen LogP contribution in [0.4, 0.5) is 4.79 Å². The molecule has 7 heteroatoms. The number of Topliss-reactive ketones (excluding diaryl/α,β-unsaturated/α-hetero) is 1. The minimum absolute atomic E-state index is 0.000336. The second-order valence-electron chi connectivity index (χ2n) is 5.91. The van der Waals surface area contributed by atoms with Crippen LogP contribution in [0.15, 0.2) is 11.6 Å². The Morgan fingerprint density at radius 1 is 1.48 bits per heavy atom. The first-order chi connectivity index (χ1) is 9.85. The summed E-state index contributed by atoms with van der Waals surface area (Å²) < 4.78 is 10.9. The zero-order valence-electron chi connectivity index (χ0n) is 12.5. The van der Waals surface area contributed by atoms with Crippen LogP contribution in [0.2, 0.25) is 0 Å². The summed E-state index contributed by atoms with van der Waals surface area (Å²) in [6.45, 7) is 6.55. The summed E-state index contributed by atoms with van der Waals surface area (Å²) >= 11 is 1.30. The van der Waals surface area contributed by atoms with E-state index in [1.165, 1.54) is 11.3 Å². The first kappa shape index (κ1) is 15.9. The highest BCUT2D eigenvalue weighted by Gasteiger charge is 2.30. The predicted molar refractivity (Wildman–Crippen MR) is 78.6 cm³/mol. The Bertz CT molecular complexity index is 496. The van der Waals surface area contributed by atoms with E-state index in [4.69, 9.17) is 9.47 Å². The van der Waals surface area contributed by atoms with Gasteiger partial charge in [-0.05, 0) is 27.2 Å². The normalized spacial score (nSPS) is 18.8. The van der Waals surface area contributed by atoms with Crippen molar-refractivity contribution in [2.45, 2.75) is 38.9 Å². The van der Waals surface area contributed by atoms with Crippen molar-refractivity contribution < 1.29 is 19.1 Å². The number of hydrogen-bond acceptors (Lipinski definition) is 6. The van der Waals surface area contributed by atoms with Crippen LogP contribution in [0.1, 0.15) is 37.0 Å². The molecule has 0 unspecified atom stereocenters. The van der Waals surface area contributed by atoms with Gasteiger partial charge < -0.3 is 14.4 Å². The third-order valence-corrected chi connectivity index (χ3v) is 3.73. The molecule has 0 N–H and O–H groups in total. The van der Waals surface area contributed by atoms with E-state index in [-0.39, 0.29) is 24.6 Å². The number of hydrogen-bond donors (Lipinski definition) is 0.